The van der Waals surface area contributed by atoms with Crippen molar-refractivity contribution in [1.29, 1.82) is 0 Å². The molecule has 1 saturated carbocycles. The van der Waals surface area contributed by atoms with E-state index in [9.17, 15) is 10.1 Å². The Labute approximate surface area is 124 Å². The van der Waals surface area contributed by atoms with E-state index in [1.807, 2.05) is 6.92 Å². The molecule has 0 amide bonds. The van der Waals surface area contributed by atoms with E-state index in [1.54, 1.807) is 6.07 Å². The summed E-state index contributed by atoms with van der Waals surface area (Å²) in [5.74, 6) is 0.975. The molecule has 1 aromatic heterocycles. The van der Waals surface area contributed by atoms with Gasteiger partial charge in [-0.05, 0) is 39.8 Å². The second-order valence-electron chi connectivity index (χ2n) is 5.48. The molecule has 0 aliphatic heterocycles. The second-order valence-corrected chi connectivity index (χ2v) is 5.48. The van der Waals surface area contributed by atoms with Crippen LogP contribution in [0.15, 0.2) is 12.1 Å². The number of rotatable bonds is 8. The number of nitrogens with zero attached hydrogens (tertiary/aromatic N) is 3. The van der Waals surface area contributed by atoms with Crippen molar-refractivity contribution in [2.24, 2.45) is 0 Å². The molecule has 1 heterocycles. The van der Waals surface area contributed by atoms with Gasteiger partial charge in [-0.15, -0.1) is 0 Å². The van der Waals surface area contributed by atoms with Gasteiger partial charge >= 0.3 is 5.69 Å². The zero-order chi connectivity index (χ0) is 15.4. The van der Waals surface area contributed by atoms with Crippen LogP contribution in [0.25, 0.3) is 0 Å². The lowest BCUT2D eigenvalue weighted by Gasteiger charge is -2.24. The van der Waals surface area contributed by atoms with Gasteiger partial charge in [-0.3, -0.25) is 15.0 Å². The molecule has 1 aromatic rings. The lowest BCUT2D eigenvalue weighted by Crippen LogP contribution is -2.36. The van der Waals surface area contributed by atoms with E-state index in [2.05, 4.69) is 34.5 Å². The minimum absolute atomic E-state index is 0.0120. The number of aromatic nitrogens is 1. The molecule has 7 heteroatoms. The zero-order valence-electron chi connectivity index (χ0n) is 12.8. The molecule has 2 rings (SSSR count). The van der Waals surface area contributed by atoms with Crippen LogP contribution >= 0.6 is 0 Å². The number of nitrogens with one attached hydrogen (secondary N) is 2. The predicted octanol–water partition coefficient (Wildman–Crippen LogP) is 2.32. The fourth-order valence-corrected chi connectivity index (χ4v) is 2.24. The minimum Gasteiger partial charge on any atom is -0.370 e. The van der Waals surface area contributed by atoms with Gasteiger partial charge in [0.25, 0.3) is 0 Å². The molecule has 0 aromatic carbocycles. The van der Waals surface area contributed by atoms with Crippen LogP contribution in [0.2, 0.25) is 0 Å². The molecule has 1 aliphatic carbocycles. The molecule has 0 radical (unpaired) electrons. The van der Waals surface area contributed by atoms with E-state index in [1.165, 1.54) is 18.9 Å². The Balaban J connectivity index is 2.05. The summed E-state index contributed by atoms with van der Waals surface area (Å²) >= 11 is 0. The van der Waals surface area contributed by atoms with Crippen LogP contribution in [0.4, 0.5) is 17.3 Å². The van der Waals surface area contributed by atoms with Crippen LogP contribution in [0.5, 0.6) is 0 Å². The lowest BCUT2D eigenvalue weighted by molar-refractivity contribution is -0.384. The summed E-state index contributed by atoms with van der Waals surface area (Å²) < 4.78 is 0. The van der Waals surface area contributed by atoms with Crippen molar-refractivity contribution in [2.75, 3.05) is 30.8 Å². The van der Waals surface area contributed by atoms with Gasteiger partial charge in [-0.2, -0.15) is 0 Å². The molecular formula is C14H23N5O2. The Morgan fingerprint density at radius 1 is 1.48 bits per heavy atom. The Hall–Kier alpha value is -1.89. The lowest BCUT2D eigenvalue weighted by atomic mass is 10.3. The third-order valence-electron chi connectivity index (χ3n) is 3.81. The van der Waals surface area contributed by atoms with Gasteiger partial charge in [0.15, 0.2) is 0 Å². The molecule has 1 unspecified atom stereocenters. The maximum atomic E-state index is 11.1. The van der Waals surface area contributed by atoms with Crippen molar-refractivity contribution in [3.8, 4) is 0 Å². The molecule has 0 spiro atoms. The highest BCUT2D eigenvalue weighted by atomic mass is 16.6. The van der Waals surface area contributed by atoms with Crippen molar-refractivity contribution in [2.45, 2.75) is 38.8 Å². The normalized spacial score (nSPS) is 15.8. The highest BCUT2D eigenvalue weighted by molar-refractivity contribution is 5.60. The average molecular weight is 293 g/mol. The first-order chi connectivity index (χ1) is 10.0. The summed E-state index contributed by atoms with van der Waals surface area (Å²) in [4.78, 5) is 17.3. The highest BCUT2D eigenvalue weighted by Crippen LogP contribution is 2.28. The van der Waals surface area contributed by atoms with Crippen LogP contribution in [0.3, 0.4) is 0 Å². The molecule has 116 valence electrons. The van der Waals surface area contributed by atoms with Crippen LogP contribution in [-0.4, -0.2) is 47.0 Å². The third-order valence-corrected chi connectivity index (χ3v) is 3.81. The van der Waals surface area contributed by atoms with Gasteiger partial charge < -0.3 is 10.6 Å². The predicted molar refractivity (Wildman–Crippen MR) is 83.8 cm³/mol. The van der Waals surface area contributed by atoms with Gasteiger partial charge in [0.2, 0.25) is 5.82 Å². The Morgan fingerprint density at radius 2 is 2.19 bits per heavy atom. The zero-order valence-corrected chi connectivity index (χ0v) is 12.8. The molecule has 0 bridgehead atoms. The maximum absolute atomic E-state index is 11.1. The van der Waals surface area contributed by atoms with Gasteiger partial charge in [0, 0.05) is 31.2 Å². The summed E-state index contributed by atoms with van der Waals surface area (Å²) in [6.45, 7) is 5.44. The molecule has 7 nitrogen and oxygen atoms in total. The van der Waals surface area contributed by atoms with Crippen molar-refractivity contribution in [3.05, 3.63) is 22.2 Å². The summed E-state index contributed by atoms with van der Waals surface area (Å²) in [5, 5.41) is 17.3. The first-order valence-electron chi connectivity index (χ1n) is 7.38. The second kappa shape index (κ2) is 6.71. The SMILES string of the molecule is CCNc1ccc([N+](=O)[O-])c(NCC(C)N(C)C2CC2)n1. The third kappa shape index (κ3) is 4.04. The van der Waals surface area contributed by atoms with Crippen molar-refractivity contribution < 1.29 is 4.92 Å². The Kier molecular flexibility index (Phi) is 4.95. The van der Waals surface area contributed by atoms with Crippen LogP contribution < -0.4 is 10.6 Å². The smallest absolute Gasteiger partial charge is 0.311 e. The fourth-order valence-electron chi connectivity index (χ4n) is 2.24. The minimum atomic E-state index is -0.402. The number of anilines is 2. The Morgan fingerprint density at radius 3 is 2.76 bits per heavy atom. The quantitative estimate of drug-likeness (QED) is 0.565. The van der Waals surface area contributed by atoms with Gasteiger partial charge in [0.1, 0.15) is 5.82 Å². The highest BCUT2D eigenvalue weighted by Gasteiger charge is 2.29. The van der Waals surface area contributed by atoms with E-state index in [4.69, 9.17) is 0 Å². The number of hydrogen-bond donors (Lipinski definition) is 2. The Bertz CT molecular complexity index is 504. The first kappa shape index (κ1) is 15.5. The van der Waals surface area contributed by atoms with E-state index < -0.39 is 4.92 Å². The van der Waals surface area contributed by atoms with Crippen LogP contribution in [0, 0.1) is 10.1 Å². The summed E-state index contributed by atoms with van der Waals surface area (Å²) in [5.41, 5.74) is 0.0120. The molecule has 1 fully saturated rings. The van der Waals surface area contributed by atoms with E-state index in [-0.39, 0.29) is 5.69 Å². The van der Waals surface area contributed by atoms with E-state index in [0.717, 1.165) is 6.54 Å². The number of likely N-dealkylation sites (N-methyl/N-ethyl adjacent to an activating group) is 1. The van der Waals surface area contributed by atoms with Gasteiger partial charge in [-0.25, -0.2) is 4.98 Å². The van der Waals surface area contributed by atoms with E-state index >= 15 is 0 Å². The summed E-state index contributed by atoms with van der Waals surface area (Å²) in [7, 11) is 2.10. The number of nitro groups is 1. The molecule has 1 aliphatic rings. The molecule has 1 atom stereocenters. The average Bonchev–Trinajstić information content (AvgIpc) is 3.28. The van der Waals surface area contributed by atoms with Crippen LogP contribution in [-0.2, 0) is 0 Å². The fraction of sp³-hybridized carbons (Fsp3) is 0.643. The van der Waals surface area contributed by atoms with Gasteiger partial charge in [-0.1, -0.05) is 0 Å². The summed E-state index contributed by atoms with van der Waals surface area (Å²) in [6, 6.07) is 4.09. The summed E-state index contributed by atoms with van der Waals surface area (Å²) in [6.07, 6.45) is 2.49. The first-order valence-corrected chi connectivity index (χ1v) is 7.38. The van der Waals surface area contributed by atoms with E-state index in [0.29, 0.717) is 30.3 Å². The van der Waals surface area contributed by atoms with Crippen LogP contribution in [0.1, 0.15) is 26.7 Å². The van der Waals surface area contributed by atoms with Crippen molar-refractivity contribution >= 4 is 17.3 Å². The van der Waals surface area contributed by atoms with Gasteiger partial charge in [0.05, 0.1) is 4.92 Å². The number of pyridine rings is 1. The maximum Gasteiger partial charge on any atom is 0.311 e. The molecule has 0 saturated heterocycles. The monoisotopic (exact) mass is 293 g/mol. The standard InChI is InChI=1S/C14H23N5O2/c1-4-15-13-8-7-12(19(20)21)14(17-13)16-9-10(2)18(3)11-5-6-11/h7-8,10-11H,4-6,9H2,1-3H3,(H2,15,16,17). The van der Waals surface area contributed by atoms with Crippen molar-refractivity contribution in [1.82, 2.24) is 9.88 Å². The molecule has 21 heavy (non-hydrogen) atoms. The number of hydrogen-bond acceptors (Lipinski definition) is 6. The molecular weight excluding hydrogens is 270 g/mol. The van der Waals surface area contributed by atoms with Crippen molar-refractivity contribution in [3.63, 3.8) is 0 Å². The topological polar surface area (TPSA) is 83.3 Å². The largest absolute Gasteiger partial charge is 0.370 e. The molecule has 2 N–H and O–H groups in total.